The summed E-state index contributed by atoms with van der Waals surface area (Å²) >= 11 is 0. The average molecular weight is 819 g/mol. The fourth-order valence-electron chi connectivity index (χ4n) is 9.74. The highest BCUT2D eigenvalue weighted by atomic mass is 15.0. The van der Waals surface area contributed by atoms with Crippen LogP contribution in [0.15, 0.2) is 218 Å². The molecule has 4 heteroatoms. The molecule has 0 bridgehead atoms. The molecular weight excluding hydrogens is 777 g/mol. The van der Waals surface area contributed by atoms with Crippen LogP contribution in [0, 0.1) is 13.8 Å². The minimum Gasteiger partial charge on any atom is -0.309 e. The van der Waals surface area contributed by atoms with E-state index < -0.39 is 0 Å². The van der Waals surface area contributed by atoms with E-state index in [9.17, 15) is 0 Å². The van der Waals surface area contributed by atoms with Crippen molar-refractivity contribution in [2.24, 2.45) is 0 Å². The highest BCUT2D eigenvalue weighted by molar-refractivity contribution is 6.12. The van der Waals surface area contributed by atoms with Gasteiger partial charge in [-0.25, -0.2) is 9.97 Å². The fourth-order valence-corrected chi connectivity index (χ4v) is 9.74. The molecule has 0 N–H and O–H groups in total. The maximum atomic E-state index is 5.28. The van der Waals surface area contributed by atoms with E-state index in [1.54, 1.807) is 0 Å². The molecule has 0 atom stereocenters. The summed E-state index contributed by atoms with van der Waals surface area (Å²) in [6, 6.07) is 78.6. The van der Waals surface area contributed by atoms with Crippen LogP contribution in [-0.2, 0) is 0 Å². The molecule has 0 radical (unpaired) electrons. The van der Waals surface area contributed by atoms with Crippen molar-refractivity contribution < 1.29 is 0 Å². The number of rotatable bonds is 7. The Balaban J connectivity index is 1.11. The van der Waals surface area contributed by atoms with Crippen molar-refractivity contribution in [1.29, 1.82) is 0 Å². The third-order valence-corrected chi connectivity index (χ3v) is 12.7. The first kappa shape index (κ1) is 37.4. The Morgan fingerprint density at radius 2 is 0.875 bits per heavy atom. The summed E-state index contributed by atoms with van der Waals surface area (Å²) in [4.78, 5) is 10.4. The number of aryl methyl sites for hydroxylation is 2. The van der Waals surface area contributed by atoms with Gasteiger partial charge in [0.1, 0.15) is 0 Å². The molecule has 0 amide bonds. The van der Waals surface area contributed by atoms with Gasteiger partial charge in [-0.05, 0) is 96.8 Å². The molecule has 9 aromatic carbocycles. The van der Waals surface area contributed by atoms with Crippen LogP contribution >= 0.6 is 0 Å². The summed E-state index contributed by atoms with van der Waals surface area (Å²) in [6.45, 7) is 4.37. The first-order valence-electron chi connectivity index (χ1n) is 21.9. The average Bonchev–Trinajstić information content (AvgIpc) is 3.87. The first-order chi connectivity index (χ1) is 31.6. The second kappa shape index (κ2) is 15.2. The van der Waals surface area contributed by atoms with E-state index in [-0.39, 0.29) is 0 Å². The number of benzene rings is 9. The molecule has 12 aromatic rings. The van der Waals surface area contributed by atoms with Crippen LogP contribution in [0.5, 0.6) is 0 Å². The molecule has 0 saturated heterocycles. The fraction of sp³-hybridized carbons (Fsp3) is 0.0333. The van der Waals surface area contributed by atoms with Gasteiger partial charge in [-0.1, -0.05) is 163 Å². The Hall–Kier alpha value is -8.34. The summed E-state index contributed by atoms with van der Waals surface area (Å²) in [7, 11) is 0. The third-order valence-electron chi connectivity index (χ3n) is 12.7. The van der Waals surface area contributed by atoms with Gasteiger partial charge in [0.15, 0.2) is 5.82 Å². The quantitative estimate of drug-likeness (QED) is 0.161. The van der Waals surface area contributed by atoms with Gasteiger partial charge in [0.05, 0.1) is 39.1 Å². The summed E-state index contributed by atoms with van der Waals surface area (Å²) < 4.78 is 4.85. The number of hydrogen-bond donors (Lipinski definition) is 0. The number of aromatic nitrogens is 4. The van der Waals surface area contributed by atoms with E-state index in [4.69, 9.17) is 9.97 Å². The highest BCUT2D eigenvalue weighted by Crippen LogP contribution is 2.41. The number of para-hydroxylation sites is 3. The van der Waals surface area contributed by atoms with E-state index in [0.717, 1.165) is 61.6 Å². The number of nitrogens with zero attached hydrogens (tertiary/aromatic N) is 4. The molecule has 0 fully saturated rings. The van der Waals surface area contributed by atoms with E-state index in [2.05, 4.69) is 217 Å². The Morgan fingerprint density at radius 3 is 1.56 bits per heavy atom. The van der Waals surface area contributed by atoms with Crippen LogP contribution in [0.3, 0.4) is 0 Å². The topological polar surface area (TPSA) is 35.6 Å². The normalized spacial score (nSPS) is 11.6. The van der Waals surface area contributed by atoms with E-state index in [1.165, 1.54) is 54.8 Å². The third kappa shape index (κ3) is 6.30. The Kier molecular flexibility index (Phi) is 8.91. The van der Waals surface area contributed by atoms with Crippen LogP contribution in [-0.4, -0.2) is 19.1 Å². The molecule has 0 aliphatic carbocycles. The minimum atomic E-state index is 0.693. The predicted octanol–water partition coefficient (Wildman–Crippen LogP) is 15.6. The van der Waals surface area contributed by atoms with Crippen molar-refractivity contribution in [2.75, 3.05) is 0 Å². The van der Waals surface area contributed by atoms with Crippen LogP contribution in [0.1, 0.15) is 11.1 Å². The minimum absolute atomic E-state index is 0.693. The lowest BCUT2D eigenvalue weighted by molar-refractivity contribution is 1.16. The maximum Gasteiger partial charge on any atom is 0.160 e. The monoisotopic (exact) mass is 818 g/mol. The van der Waals surface area contributed by atoms with E-state index in [0.29, 0.717) is 5.82 Å². The Morgan fingerprint density at radius 1 is 0.328 bits per heavy atom. The lowest BCUT2D eigenvalue weighted by Gasteiger charge is -2.18. The molecule has 302 valence electrons. The zero-order valence-electron chi connectivity index (χ0n) is 35.6. The molecular formula is C60H42N4. The molecule has 3 heterocycles. The van der Waals surface area contributed by atoms with Gasteiger partial charge < -0.3 is 9.13 Å². The smallest absolute Gasteiger partial charge is 0.160 e. The SMILES string of the molecule is Cc1ccc(-c2ccc3c(c2)c2ccccc2n3-c2ccc(-c3cc(-c4ccccc4)nc(-c4ccccc4)n3)cc2-c2cccc(-n3c4ccccc4c4ccccc43)c2)c(C)c1. The lowest BCUT2D eigenvalue weighted by Crippen LogP contribution is -2.00. The molecule has 0 aliphatic rings. The Labute approximate surface area is 372 Å². The lowest BCUT2D eigenvalue weighted by atomic mass is 9.97. The summed E-state index contributed by atoms with van der Waals surface area (Å²) in [5.74, 6) is 0.693. The molecule has 64 heavy (non-hydrogen) atoms. The molecule has 0 unspecified atom stereocenters. The zero-order valence-corrected chi connectivity index (χ0v) is 35.6. The van der Waals surface area contributed by atoms with Crippen LogP contribution in [0.4, 0.5) is 0 Å². The molecule has 12 rings (SSSR count). The second-order valence-electron chi connectivity index (χ2n) is 16.7. The van der Waals surface area contributed by atoms with Crippen molar-refractivity contribution in [3.8, 4) is 67.5 Å². The zero-order chi connectivity index (χ0) is 42.7. The van der Waals surface area contributed by atoms with Crippen LogP contribution < -0.4 is 0 Å². The largest absolute Gasteiger partial charge is 0.309 e. The van der Waals surface area contributed by atoms with Gasteiger partial charge in [-0.3, -0.25) is 0 Å². The van der Waals surface area contributed by atoms with Crippen LogP contribution in [0.2, 0.25) is 0 Å². The first-order valence-corrected chi connectivity index (χ1v) is 21.9. The molecule has 0 aliphatic heterocycles. The summed E-state index contributed by atoms with van der Waals surface area (Å²) in [5, 5.41) is 4.92. The second-order valence-corrected chi connectivity index (χ2v) is 16.7. The van der Waals surface area contributed by atoms with Gasteiger partial charge >= 0.3 is 0 Å². The summed E-state index contributed by atoms with van der Waals surface area (Å²) in [6.07, 6.45) is 0. The van der Waals surface area contributed by atoms with Gasteiger partial charge in [0.2, 0.25) is 0 Å². The van der Waals surface area contributed by atoms with Crippen molar-refractivity contribution in [3.05, 3.63) is 230 Å². The van der Waals surface area contributed by atoms with Gasteiger partial charge in [0, 0.05) is 49.5 Å². The van der Waals surface area contributed by atoms with Gasteiger partial charge in [-0.2, -0.15) is 0 Å². The van der Waals surface area contributed by atoms with Crippen molar-refractivity contribution in [1.82, 2.24) is 19.1 Å². The van der Waals surface area contributed by atoms with E-state index in [1.807, 2.05) is 24.3 Å². The standard InChI is InChI=1S/C60H42N4/c1-39-28-31-47(40(2)34-39)44-29-32-59-52(36-44)50-24-11-14-27-57(50)64(59)58-33-30-45(54-38-53(41-16-5-3-6-17-41)61-60(62-54)42-18-7-4-8-19-42)37-51(58)43-20-15-21-46(35-43)63-55-25-12-9-22-48(55)49-23-10-13-26-56(49)63/h3-38H,1-2H3. The van der Waals surface area contributed by atoms with Crippen molar-refractivity contribution in [3.63, 3.8) is 0 Å². The number of fused-ring (bicyclic) bond motifs is 6. The van der Waals surface area contributed by atoms with Crippen molar-refractivity contribution in [2.45, 2.75) is 13.8 Å². The van der Waals surface area contributed by atoms with E-state index >= 15 is 0 Å². The maximum absolute atomic E-state index is 5.28. The molecule has 0 saturated carbocycles. The molecule has 3 aromatic heterocycles. The molecule has 0 spiro atoms. The van der Waals surface area contributed by atoms with Gasteiger partial charge in [0.25, 0.3) is 0 Å². The Bertz CT molecular complexity index is 3630. The summed E-state index contributed by atoms with van der Waals surface area (Å²) in [5.41, 5.74) is 18.9. The molecule has 4 nitrogen and oxygen atoms in total. The van der Waals surface area contributed by atoms with Crippen LogP contribution in [0.25, 0.3) is 111 Å². The predicted molar refractivity (Wildman–Crippen MR) is 267 cm³/mol. The van der Waals surface area contributed by atoms with Crippen molar-refractivity contribution >= 4 is 43.6 Å². The highest BCUT2D eigenvalue weighted by Gasteiger charge is 2.20. The number of hydrogen-bond acceptors (Lipinski definition) is 2. The van der Waals surface area contributed by atoms with Gasteiger partial charge in [-0.15, -0.1) is 0 Å².